The number of nitrogens with zero attached hydrogens (tertiary/aromatic N) is 3. The predicted octanol–water partition coefficient (Wildman–Crippen LogP) is 0.979. The summed E-state index contributed by atoms with van der Waals surface area (Å²) in [6.45, 7) is 5.24. The fourth-order valence-electron chi connectivity index (χ4n) is 2.44. The third-order valence-corrected chi connectivity index (χ3v) is 3.73. The first-order chi connectivity index (χ1) is 7.70. The van der Waals surface area contributed by atoms with Gasteiger partial charge in [-0.15, -0.1) is 0 Å². The molecule has 0 saturated carbocycles. The van der Waals surface area contributed by atoms with Crippen molar-refractivity contribution in [3.63, 3.8) is 0 Å². The fourth-order valence-corrected chi connectivity index (χ4v) is 2.44. The molecule has 2 heterocycles. The molecule has 0 spiro atoms. The van der Waals surface area contributed by atoms with E-state index in [1.165, 1.54) is 18.5 Å². The normalized spacial score (nSPS) is 27.2. The molecule has 0 amide bonds. The van der Waals surface area contributed by atoms with Crippen LogP contribution < -0.4 is 5.73 Å². The summed E-state index contributed by atoms with van der Waals surface area (Å²) in [5, 5.41) is 4.21. The molecular weight excluding hydrogens is 200 g/mol. The van der Waals surface area contributed by atoms with E-state index in [2.05, 4.69) is 23.0 Å². The smallest absolute Gasteiger partial charge is 0.0521 e. The molecule has 0 bridgehead atoms. The molecule has 2 rings (SSSR count). The second kappa shape index (κ2) is 4.97. The van der Waals surface area contributed by atoms with Gasteiger partial charge in [-0.1, -0.05) is 0 Å². The minimum atomic E-state index is 0.665. The molecule has 1 aromatic heterocycles. The number of hydrogen-bond donors (Lipinski definition) is 1. The molecule has 4 nitrogen and oxygen atoms in total. The lowest BCUT2D eigenvalue weighted by atomic mass is 9.93. The Balaban J connectivity index is 1.99. The van der Waals surface area contributed by atoms with Gasteiger partial charge in [0.25, 0.3) is 0 Å². The van der Waals surface area contributed by atoms with Crippen molar-refractivity contribution in [3.8, 4) is 0 Å². The van der Waals surface area contributed by atoms with Crippen molar-refractivity contribution < 1.29 is 0 Å². The first-order valence-electron chi connectivity index (χ1n) is 6.11. The summed E-state index contributed by atoms with van der Waals surface area (Å²) < 4.78 is 1.96. The van der Waals surface area contributed by atoms with Crippen molar-refractivity contribution in [2.24, 2.45) is 18.7 Å². The van der Waals surface area contributed by atoms with Gasteiger partial charge in [0.05, 0.1) is 5.69 Å². The lowest BCUT2D eigenvalue weighted by Crippen LogP contribution is -2.43. The number of aryl methyl sites for hydroxylation is 1. The van der Waals surface area contributed by atoms with Crippen LogP contribution in [0.3, 0.4) is 0 Å². The van der Waals surface area contributed by atoms with E-state index in [1.807, 2.05) is 17.9 Å². The summed E-state index contributed by atoms with van der Waals surface area (Å²) in [6, 6.07) is 2.76. The first kappa shape index (κ1) is 11.6. The Hall–Kier alpha value is -0.870. The van der Waals surface area contributed by atoms with E-state index in [0.717, 1.165) is 19.6 Å². The largest absolute Gasteiger partial charge is 0.330 e. The first-order valence-corrected chi connectivity index (χ1v) is 6.11. The van der Waals surface area contributed by atoms with Crippen LogP contribution in [-0.2, 0) is 13.6 Å². The van der Waals surface area contributed by atoms with E-state index in [1.54, 1.807) is 0 Å². The van der Waals surface area contributed by atoms with E-state index in [9.17, 15) is 0 Å². The van der Waals surface area contributed by atoms with E-state index in [0.29, 0.717) is 12.0 Å². The molecule has 1 saturated heterocycles. The zero-order valence-corrected chi connectivity index (χ0v) is 10.3. The summed E-state index contributed by atoms with van der Waals surface area (Å²) in [5.41, 5.74) is 7.05. The third kappa shape index (κ3) is 2.44. The van der Waals surface area contributed by atoms with Crippen molar-refractivity contribution in [2.75, 3.05) is 13.1 Å². The maximum absolute atomic E-state index is 5.77. The number of hydrogen-bond acceptors (Lipinski definition) is 3. The molecule has 2 atom stereocenters. The molecule has 16 heavy (non-hydrogen) atoms. The van der Waals surface area contributed by atoms with Crippen LogP contribution in [0.4, 0.5) is 0 Å². The van der Waals surface area contributed by atoms with Crippen molar-refractivity contribution in [1.82, 2.24) is 14.7 Å². The van der Waals surface area contributed by atoms with Crippen LogP contribution in [0.1, 0.15) is 25.5 Å². The van der Waals surface area contributed by atoms with Gasteiger partial charge in [-0.2, -0.15) is 5.10 Å². The molecule has 1 fully saturated rings. The Morgan fingerprint density at radius 1 is 1.50 bits per heavy atom. The van der Waals surface area contributed by atoms with Crippen molar-refractivity contribution in [2.45, 2.75) is 32.4 Å². The van der Waals surface area contributed by atoms with Crippen molar-refractivity contribution in [1.29, 1.82) is 0 Å². The van der Waals surface area contributed by atoms with E-state index in [4.69, 9.17) is 5.73 Å². The summed E-state index contributed by atoms with van der Waals surface area (Å²) in [5.74, 6) is 0.671. The molecule has 2 unspecified atom stereocenters. The van der Waals surface area contributed by atoms with Gasteiger partial charge in [-0.25, -0.2) is 0 Å². The van der Waals surface area contributed by atoms with Gasteiger partial charge >= 0.3 is 0 Å². The van der Waals surface area contributed by atoms with Gasteiger partial charge in [-0.3, -0.25) is 9.58 Å². The highest BCUT2D eigenvalue weighted by Crippen LogP contribution is 2.22. The van der Waals surface area contributed by atoms with Crippen LogP contribution in [0.25, 0.3) is 0 Å². The predicted molar refractivity (Wildman–Crippen MR) is 64.9 cm³/mol. The quantitative estimate of drug-likeness (QED) is 0.829. The number of piperidine rings is 1. The van der Waals surface area contributed by atoms with E-state index >= 15 is 0 Å². The zero-order chi connectivity index (χ0) is 11.5. The summed E-state index contributed by atoms with van der Waals surface area (Å²) in [6.07, 6.45) is 4.41. The third-order valence-electron chi connectivity index (χ3n) is 3.73. The van der Waals surface area contributed by atoms with Gasteiger partial charge in [0.1, 0.15) is 0 Å². The second-order valence-electron chi connectivity index (χ2n) is 4.90. The maximum Gasteiger partial charge on any atom is 0.0521 e. The highest BCUT2D eigenvalue weighted by atomic mass is 15.3. The lowest BCUT2D eigenvalue weighted by Gasteiger charge is -2.37. The second-order valence-corrected chi connectivity index (χ2v) is 4.90. The van der Waals surface area contributed by atoms with Crippen LogP contribution in [0, 0.1) is 5.92 Å². The summed E-state index contributed by atoms with van der Waals surface area (Å²) in [4.78, 5) is 2.53. The Kier molecular flexibility index (Phi) is 3.61. The van der Waals surface area contributed by atoms with E-state index in [-0.39, 0.29) is 0 Å². The maximum atomic E-state index is 5.77. The summed E-state index contributed by atoms with van der Waals surface area (Å²) >= 11 is 0. The zero-order valence-electron chi connectivity index (χ0n) is 10.3. The number of likely N-dealkylation sites (tertiary alicyclic amines) is 1. The number of rotatable bonds is 3. The van der Waals surface area contributed by atoms with Crippen LogP contribution in [0.5, 0.6) is 0 Å². The van der Waals surface area contributed by atoms with Crippen molar-refractivity contribution >= 4 is 0 Å². The molecule has 0 aliphatic carbocycles. The monoisotopic (exact) mass is 222 g/mol. The molecule has 90 valence electrons. The van der Waals surface area contributed by atoms with E-state index < -0.39 is 0 Å². The Labute approximate surface area is 97.4 Å². The summed E-state index contributed by atoms with van der Waals surface area (Å²) in [7, 11) is 2.00. The lowest BCUT2D eigenvalue weighted by molar-refractivity contribution is 0.110. The van der Waals surface area contributed by atoms with Crippen LogP contribution in [-0.4, -0.2) is 33.8 Å². The Bertz CT molecular complexity index is 334. The number of nitrogens with two attached hydrogens (primary N) is 1. The highest BCUT2D eigenvalue weighted by Gasteiger charge is 2.24. The highest BCUT2D eigenvalue weighted by molar-refractivity contribution is 5.00. The molecule has 1 aliphatic heterocycles. The van der Waals surface area contributed by atoms with Gasteiger partial charge in [0, 0.05) is 32.4 Å². The van der Waals surface area contributed by atoms with Crippen molar-refractivity contribution in [3.05, 3.63) is 18.0 Å². The number of aromatic nitrogens is 2. The SMILES string of the molecule is CC1CCC(CN)CN1Cc1ccnn1C. The Morgan fingerprint density at radius 3 is 2.94 bits per heavy atom. The molecule has 1 aliphatic rings. The minimum Gasteiger partial charge on any atom is -0.330 e. The molecule has 2 N–H and O–H groups in total. The molecular formula is C12H22N4. The average Bonchev–Trinajstić information content (AvgIpc) is 2.68. The molecule has 4 heteroatoms. The topological polar surface area (TPSA) is 47.1 Å². The van der Waals surface area contributed by atoms with Crippen LogP contribution in [0.15, 0.2) is 12.3 Å². The van der Waals surface area contributed by atoms with Gasteiger partial charge in [0.15, 0.2) is 0 Å². The molecule has 0 aromatic carbocycles. The fraction of sp³-hybridized carbons (Fsp3) is 0.750. The molecule has 0 radical (unpaired) electrons. The van der Waals surface area contributed by atoms with Gasteiger partial charge in [0.2, 0.25) is 0 Å². The standard InChI is InChI=1S/C12H22N4/c1-10-3-4-11(7-13)8-16(10)9-12-5-6-14-15(12)2/h5-6,10-11H,3-4,7-9,13H2,1-2H3. The van der Waals surface area contributed by atoms with Crippen LogP contribution >= 0.6 is 0 Å². The van der Waals surface area contributed by atoms with Gasteiger partial charge < -0.3 is 5.73 Å². The van der Waals surface area contributed by atoms with Crippen LogP contribution in [0.2, 0.25) is 0 Å². The van der Waals surface area contributed by atoms with Gasteiger partial charge in [-0.05, 0) is 38.3 Å². The molecule has 1 aromatic rings. The minimum absolute atomic E-state index is 0.665. The average molecular weight is 222 g/mol. The Morgan fingerprint density at radius 2 is 2.31 bits per heavy atom.